The van der Waals surface area contributed by atoms with Crippen LogP contribution < -0.4 is 10.1 Å². The Morgan fingerprint density at radius 3 is 2.67 bits per heavy atom. The summed E-state index contributed by atoms with van der Waals surface area (Å²) in [6, 6.07) is 4.54. The van der Waals surface area contributed by atoms with Gasteiger partial charge in [-0.2, -0.15) is 13.2 Å². The van der Waals surface area contributed by atoms with Crippen molar-refractivity contribution in [1.82, 2.24) is 15.0 Å². The first kappa shape index (κ1) is 23.1. The van der Waals surface area contributed by atoms with E-state index in [1.165, 1.54) is 18.5 Å². The van der Waals surface area contributed by atoms with Crippen LogP contribution in [0.25, 0.3) is 0 Å². The molecule has 1 saturated carbocycles. The van der Waals surface area contributed by atoms with Crippen LogP contribution in [0.1, 0.15) is 49.0 Å². The molecule has 1 unspecified atom stereocenters. The fourth-order valence-corrected chi connectivity index (χ4v) is 4.52. The lowest BCUT2D eigenvalue weighted by Gasteiger charge is -2.33. The minimum absolute atomic E-state index is 0.00537. The van der Waals surface area contributed by atoms with Gasteiger partial charge in [0.25, 0.3) is 5.91 Å². The molecule has 0 spiro atoms. The van der Waals surface area contributed by atoms with Crippen LogP contribution in [0.4, 0.5) is 19.0 Å². The van der Waals surface area contributed by atoms with E-state index in [0.717, 1.165) is 12.8 Å². The van der Waals surface area contributed by atoms with Crippen LogP contribution in [-0.2, 0) is 4.79 Å². The maximum Gasteiger partial charge on any atom is 0.391 e. The number of hydrogen-bond acceptors (Lipinski definition) is 6. The van der Waals surface area contributed by atoms with Crippen molar-refractivity contribution in [2.24, 2.45) is 11.8 Å². The number of carbonyl (C=O) groups is 2. The molecule has 8 nitrogen and oxygen atoms in total. The second kappa shape index (κ2) is 9.80. The molecule has 2 fully saturated rings. The minimum Gasteiger partial charge on any atom is -0.489 e. The number of carbonyl (C=O) groups excluding carboxylic acids is 2. The van der Waals surface area contributed by atoms with Crippen molar-refractivity contribution in [1.29, 1.82) is 0 Å². The highest BCUT2D eigenvalue weighted by molar-refractivity contribution is 6.04. The summed E-state index contributed by atoms with van der Waals surface area (Å²) in [5.41, 5.74) is 0.0712. The first-order chi connectivity index (χ1) is 15.8. The first-order valence-corrected chi connectivity index (χ1v) is 11.0. The number of pyridine rings is 1. The van der Waals surface area contributed by atoms with E-state index in [1.54, 1.807) is 17.0 Å². The molecule has 1 saturated heterocycles. The molecule has 0 radical (unpaired) electrons. The Balaban J connectivity index is 1.35. The van der Waals surface area contributed by atoms with Crippen molar-refractivity contribution < 1.29 is 32.0 Å². The molecular formula is C22H25F3N4O4. The average molecular weight is 466 g/mol. The van der Waals surface area contributed by atoms with Crippen LogP contribution in [0, 0.1) is 11.8 Å². The molecule has 0 bridgehead atoms. The molecule has 2 aromatic heterocycles. The SMILES string of the molecule is O=C(Nc1ccon1)c1ncccc1OCC1CCCN1C(=O)C1CCC(C(F)(F)F)CC1. The predicted octanol–water partition coefficient (Wildman–Crippen LogP) is 4.06. The molecule has 11 heteroatoms. The Morgan fingerprint density at radius 1 is 1.18 bits per heavy atom. The fourth-order valence-electron chi connectivity index (χ4n) is 4.52. The summed E-state index contributed by atoms with van der Waals surface area (Å²) in [7, 11) is 0. The quantitative estimate of drug-likeness (QED) is 0.690. The monoisotopic (exact) mass is 466 g/mol. The first-order valence-electron chi connectivity index (χ1n) is 11.0. The Morgan fingerprint density at radius 2 is 1.97 bits per heavy atom. The lowest BCUT2D eigenvalue weighted by Crippen LogP contribution is -2.44. The van der Waals surface area contributed by atoms with E-state index in [4.69, 9.17) is 9.26 Å². The molecule has 1 aliphatic carbocycles. The molecule has 2 amide bonds. The number of hydrogen-bond donors (Lipinski definition) is 1. The molecule has 1 N–H and O–H groups in total. The van der Waals surface area contributed by atoms with E-state index in [2.05, 4.69) is 15.5 Å². The number of ether oxygens (including phenoxy) is 1. The van der Waals surface area contributed by atoms with E-state index in [1.807, 2.05) is 0 Å². The molecule has 2 aromatic rings. The summed E-state index contributed by atoms with van der Waals surface area (Å²) in [5, 5.41) is 6.19. The molecule has 178 valence electrons. The normalized spacial score (nSPS) is 23.4. The minimum atomic E-state index is -4.20. The van der Waals surface area contributed by atoms with Crippen LogP contribution in [0.5, 0.6) is 5.75 Å². The van der Waals surface area contributed by atoms with Gasteiger partial charge in [0, 0.05) is 24.7 Å². The number of nitrogens with one attached hydrogen (secondary N) is 1. The second-order valence-corrected chi connectivity index (χ2v) is 8.42. The molecule has 0 aromatic carbocycles. The lowest BCUT2D eigenvalue weighted by atomic mass is 9.81. The summed E-state index contributed by atoms with van der Waals surface area (Å²) in [5.74, 6) is -1.80. The average Bonchev–Trinajstić information content (AvgIpc) is 3.49. The van der Waals surface area contributed by atoms with Gasteiger partial charge in [0.1, 0.15) is 12.9 Å². The van der Waals surface area contributed by atoms with Crippen LogP contribution >= 0.6 is 0 Å². The van der Waals surface area contributed by atoms with E-state index < -0.39 is 18.0 Å². The number of likely N-dealkylation sites (tertiary alicyclic amines) is 1. The molecular weight excluding hydrogens is 441 g/mol. The van der Waals surface area contributed by atoms with Gasteiger partial charge in [-0.3, -0.25) is 9.59 Å². The van der Waals surface area contributed by atoms with Gasteiger partial charge in [-0.1, -0.05) is 5.16 Å². The highest BCUT2D eigenvalue weighted by Gasteiger charge is 2.44. The zero-order valence-corrected chi connectivity index (χ0v) is 17.9. The number of alkyl halides is 3. The van der Waals surface area contributed by atoms with E-state index in [-0.39, 0.29) is 67.4 Å². The Labute approximate surface area is 188 Å². The molecule has 1 atom stereocenters. The number of rotatable bonds is 6. The van der Waals surface area contributed by atoms with Crippen molar-refractivity contribution in [3.05, 3.63) is 36.4 Å². The number of aromatic nitrogens is 2. The topological polar surface area (TPSA) is 97.6 Å². The van der Waals surface area contributed by atoms with Gasteiger partial charge in [0.15, 0.2) is 17.3 Å². The van der Waals surface area contributed by atoms with Gasteiger partial charge in [0.2, 0.25) is 5.91 Å². The molecule has 4 rings (SSSR count). The Bertz CT molecular complexity index is 959. The van der Waals surface area contributed by atoms with Crippen molar-refractivity contribution >= 4 is 17.6 Å². The molecule has 1 aliphatic heterocycles. The Hall–Kier alpha value is -3.11. The van der Waals surface area contributed by atoms with Crippen LogP contribution in [-0.4, -0.2) is 52.2 Å². The van der Waals surface area contributed by atoms with E-state index >= 15 is 0 Å². The predicted molar refractivity (Wildman–Crippen MR) is 110 cm³/mol. The van der Waals surface area contributed by atoms with Crippen molar-refractivity contribution in [3.63, 3.8) is 0 Å². The van der Waals surface area contributed by atoms with Gasteiger partial charge >= 0.3 is 6.18 Å². The number of anilines is 1. The third-order valence-corrected chi connectivity index (χ3v) is 6.30. The summed E-state index contributed by atoms with van der Waals surface area (Å²) in [6.45, 7) is 0.720. The van der Waals surface area contributed by atoms with Crippen molar-refractivity contribution in [2.45, 2.75) is 50.7 Å². The van der Waals surface area contributed by atoms with Gasteiger partial charge in [0.05, 0.1) is 12.0 Å². The number of amides is 2. The third kappa shape index (κ3) is 5.45. The van der Waals surface area contributed by atoms with Gasteiger partial charge in [-0.15, -0.1) is 0 Å². The summed E-state index contributed by atoms with van der Waals surface area (Å²) in [6.07, 6.45) is 0.612. The molecule has 2 aliphatic rings. The van der Waals surface area contributed by atoms with Crippen LogP contribution in [0.2, 0.25) is 0 Å². The summed E-state index contributed by atoms with van der Waals surface area (Å²) < 4.78 is 49.4. The third-order valence-electron chi connectivity index (χ3n) is 6.30. The zero-order chi connectivity index (χ0) is 23.4. The van der Waals surface area contributed by atoms with Crippen LogP contribution in [0.3, 0.4) is 0 Å². The summed E-state index contributed by atoms with van der Waals surface area (Å²) in [4.78, 5) is 31.4. The molecule has 3 heterocycles. The fraction of sp³-hybridized carbons (Fsp3) is 0.545. The smallest absolute Gasteiger partial charge is 0.391 e. The zero-order valence-electron chi connectivity index (χ0n) is 17.9. The Kier molecular flexibility index (Phi) is 6.85. The van der Waals surface area contributed by atoms with Gasteiger partial charge in [-0.05, 0) is 50.7 Å². The summed E-state index contributed by atoms with van der Waals surface area (Å²) >= 11 is 0. The largest absolute Gasteiger partial charge is 0.489 e. The van der Waals surface area contributed by atoms with Gasteiger partial charge < -0.3 is 19.5 Å². The second-order valence-electron chi connectivity index (χ2n) is 8.42. The van der Waals surface area contributed by atoms with Crippen LogP contribution in [0.15, 0.2) is 35.2 Å². The van der Waals surface area contributed by atoms with E-state index in [0.29, 0.717) is 6.54 Å². The highest BCUT2D eigenvalue weighted by atomic mass is 19.4. The van der Waals surface area contributed by atoms with E-state index in [9.17, 15) is 22.8 Å². The van der Waals surface area contributed by atoms with Crippen molar-refractivity contribution in [3.8, 4) is 5.75 Å². The standard InChI is InChI=1S/C22H25F3N4O4/c23-22(24,25)15-7-5-14(6-8-15)21(31)29-11-2-3-16(29)13-32-17-4-1-10-26-19(17)20(30)27-18-9-12-33-28-18/h1,4,9-10,12,14-16H,2-3,5-8,11,13H2,(H,27,28,30). The maximum absolute atomic E-state index is 13.0. The molecule has 33 heavy (non-hydrogen) atoms. The van der Waals surface area contributed by atoms with Gasteiger partial charge in [-0.25, -0.2) is 4.98 Å². The number of halogens is 3. The highest BCUT2D eigenvalue weighted by Crippen LogP contribution is 2.40. The van der Waals surface area contributed by atoms with Crippen molar-refractivity contribution in [2.75, 3.05) is 18.5 Å². The number of nitrogens with zero attached hydrogens (tertiary/aromatic N) is 3. The lowest BCUT2D eigenvalue weighted by molar-refractivity contribution is -0.185. The maximum atomic E-state index is 13.0.